The molecule has 4 N–H and O–H groups in total. The quantitative estimate of drug-likeness (QED) is 0.477. The van der Waals surface area contributed by atoms with E-state index in [1.165, 1.54) is 10.9 Å². The van der Waals surface area contributed by atoms with Gasteiger partial charge < -0.3 is 25.2 Å². The molecule has 0 saturated carbocycles. The standard InChI is InChI=1S/C9H14FN3O5/c10-1-4-2-13(12-11-4)3-5-6(14)7(15)8(16)9(17)18-5/h2,5-9,14-17H,1,3H2. The number of nitrogens with zero attached hydrogens (tertiary/aromatic N) is 3. The number of ether oxygens (including phenoxy) is 1. The van der Waals surface area contributed by atoms with Crippen molar-refractivity contribution in [3.05, 3.63) is 11.9 Å². The largest absolute Gasteiger partial charge is 0.388 e. The summed E-state index contributed by atoms with van der Waals surface area (Å²) in [6.45, 7) is -0.799. The number of halogens is 1. The number of aliphatic hydroxyl groups excluding tert-OH is 4. The Morgan fingerprint density at radius 3 is 2.56 bits per heavy atom. The van der Waals surface area contributed by atoms with Crippen molar-refractivity contribution in [1.29, 1.82) is 0 Å². The van der Waals surface area contributed by atoms with E-state index in [-0.39, 0.29) is 12.2 Å². The highest BCUT2D eigenvalue weighted by atomic mass is 19.1. The van der Waals surface area contributed by atoms with Gasteiger partial charge in [0.05, 0.1) is 12.7 Å². The molecule has 0 aliphatic carbocycles. The number of hydrogen-bond donors (Lipinski definition) is 4. The van der Waals surface area contributed by atoms with Crippen molar-refractivity contribution < 1.29 is 29.6 Å². The fourth-order valence-corrected chi connectivity index (χ4v) is 1.76. The summed E-state index contributed by atoms with van der Waals surface area (Å²) in [5.74, 6) is 0. The molecule has 2 heterocycles. The lowest BCUT2D eigenvalue weighted by atomic mass is 9.99. The first-order valence-electron chi connectivity index (χ1n) is 5.35. The maximum atomic E-state index is 12.3. The molecule has 0 bridgehead atoms. The van der Waals surface area contributed by atoms with Crippen LogP contribution in [-0.4, -0.2) is 66.1 Å². The molecule has 102 valence electrons. The van der Waals surface area contributed by atoms with Gasteiger partial charge in [0.15, 0.2) is 6.29 Å². The lowest BCUT2D eigenvalue weighted by Gasteiger charge is -2.38. The van der Waals surface area contributed by atoms with Gasteiger partial charge in [-0.1, -0.05) is 5.21 Å². The molecule has 1 aromatic heterocycles. The molecule has 1 aliphatic heterocycles. The first kappa shape index (κ1) is 13.3. The van der Waals surface area contributed by atoms with Gasteiger partial charge in [-0.15, -0.1) is 5.10 Å². The zero-order valence-corrected chi connectivity index (χ0v) is 9.30. The second-order valence-electron chi connectivity index (χ2n) is 4.10. The number of alkyl halides is 1. The lowest BCUT2D eigenvalue weighted by Crippen LogP contribution is -2.58. The summed E-state index contributed by atoms with van der Waals surface area (Å²) in [5.41, 5.74) is 0.126. The summed E-state index contributed by atoms with van der Waals surface area (Å²) >= 11 is 0. The van der Waals surface area contributed by atoms with Crippen molar-refractivity contribution in [2.24, 2.45) is 0 Å². The van der Waals surface area contributed by atoms with E-state index in [9.17, 15) is 24.8 Å². The fourth-order valence-electron chi connectivity index (χ4n) is 1.76. The topological polar surface area (TPSA) is 121 Å². The van der Waals surface area contributed by atoms with Crippen molar-refractivity contribution >= 4 is 0 Å². The molecule has 0 radical (unpaired) electrons. The van der Waals surface area contributed by atoms with Gasteiger partial charge in [-0.3, -0.25) is 0 Å². The van der Waals surface area contributed by atoms with Crippen LogP contribution in [0.4, 0.5) is 4.39 Å². The highest BCUT2D eigenvalue weighted by Gasteiger charge is 2.43. The van der Waals surface area contributed by atoms with E-state index in [1.807, 2.05) is 0 Å². The van der Waals surface area contributed by atoms with E-state index in [0.29, 0.717) is 0 Å². The third kappa shape index (κ3) is 2.49. The Labute approximate surface area is 101 Å². The van der Waals surface area contributed by atoms with E-state index >= 15 is 0 Å². The molecule has 0 aromatic carbocycles. The maximum absolute atomic E-state index is 12.3. The van der Waals surface area contributed by atoms with Crippen LogP contribution in [0.2, 0.25) is 0 Å². The molecule has 8 nitrogen and oxygen atoms in total. The molecule has 5 atom stereocenters. The average Bonchev–Trinajstić information content (AvgIpc) is 2.81. The molecule has 1 fully saturated rings. The maximum Gasteiger partial charge on any atom is 0.184 e. The van der Waals surface area contributed by atoms with Crippen LogP contribution in [-0.2, 0) is 18.0 Å². The second kappa shape index (κ2) is 5.24. The van der Waals surface area contributed by atoms with Crippen LogP contribution < -0.4 is 0 Å². The Bertz CT molecular complexity index is 403. The molecule has 18 heavy (non-hydrogen) atoms. The number of hydrogen-bond acceptors (Lipinski definition) is 7. The summed E-state index contributed by atoms with van der Waals surface area (Å²) < 4.78 is 18.4. The zero-order valence-electron chi connectivity index (χ0n) is 9.30. The van der Waals surface area contributed by atoms with Gasteiger partial charge >= 0.3 is 0 Å². The third-order valence-corrected chi connectivity index (χ3v) is 2.78. The minimum atomic E-state index is -1.60. The van der Waals surface area contributed by atoms with E-state index in [2.05, 4.69) is 10.3 Å². The van der Waals surface area contributed by atoms with Crippen molar-refractivity contribution in [1.82, 2.24) is 15.0 Å². The number of aromatic nitrogens is 3. The summed E-state index contributed by atoms with van der Waals surface area (Å²) in [4.78, 5) is 0. The molecular formula is C9H14FN3O5. The zero-order chi connectivity index (χ0) is 13.3. The fraction of sp³-hybridized carbons (Fsp3) is 0.778. The SMILES string of the molecule is OC1OC(Cn2cc(CF)nn2)C(O)C(O)C1O. The van der Waals surface area contributed by atoms with Gasteiger partial charge in [0.2, 0.25) is 0 Å². The van der Waals surface area contributed by atoms with E-state index in [0.717, 1.165) is 0 Å². The third-order valence-electron chi connectivity index (χ3n) is 2.78. The Morgan fingerprint density at radius 2 is 1.94 bits per heavy atom. The van der Waals surface area contributed by atoms with Crippen LogP contribution in [0.3, 0.4) is 0 Å². The van der Waals surface area contributed by atoms with Crippen LogP contribution >= 0.6 is 0 Å². The predicted octanol–water partition coefficient (Wildman–Crippen LogP) is -2.45. The molecule has 1 saturated heterocycles. The average molecular weight is 263 g/mol. The molecule has 1 aliphatic rings. The van der Waals surface area contributed by atoms with Crippen LogP contribution in [0.1, 0.15) is 5.69 Å². The van der Waals surface area contributed by atoms with Gasteiger partial charge in [-0.05, 0) is 0 Å². The van der Waals surface area contributed by atoms with Crippen molar-refractivity contribution in [3.63, 3.8) is 0 Å². The van der Waals surface area contributed by atoms with Crippen molar-refractivity contribution in [3.8, 4) is 0 Å². The Hall–Kier alpha value is -1.13. The van der Waals surface area contributed by atoms with Gasteiger partial charge in [0, 0.05) is 0 Å². The minimum Gasteiger partial charge on any atom is -0.388 e. The second-order valence-corrected chi connectivity index (χ2v) is 4.10. The molecule has 0 amide bonds. The first-order chi connectivity index (χ1) is 8.52. The molecular weight excluding hydrogens is 249 g/mol. The van der Waals surface area contributed by atoms with Gasteiger partial charge in [0.1, 0.15) is 36.8 Å². The van der Waals surface area contributed by atoms with Gasteiger partial charge in [-0.25, -0.2) is 9.07 Å². The predicted molar refractivity (Wildman–Crippen MR) is 53.7 cm³/mol. The van der Waals surface area contributed by atoms with Crippen molar-refractivity contribution in [2.45, 2.75) is 43.9 Å². The van der Waals surface area contributed by atoms with Crippen LogP contribution in [0, 0.1) is 0 Å². The monoisotopic (exact) mass is 263 g/mol. The Morgan fingerprint density at radius 1 is 1.22 bits per heavy atom. The molecule has 1 aromatic rings. The van der Waals surface area contributed by atoms with E-state index in [1.54, 1.807) is 0 Å². The normalized spacial score (nSPS) is 36.8. The summed E-state index contributed by atoms with van der Waals surface area (Å²) in [6, 6.07) is 0. The summed E-state index contributed by atoms with van der Waals surface area (Å²) in [7, 11) is 0. The van der Waals surface area contributed by atoms with Crippen LogP contribution in [0.25, 0.3) is 0 Å². The summed E-state index contributed by atoms with van der Waals surface area (Å²) in [6.07, 6.45) is -5.75. The molecule has 5 unspecified atom stereocenters. The lowest BCUT2D eigenvalue weighted by molar-refractivity contribution is -0.284. The number of aliphatic hydroxyl groups is 4. The Balaban J connectivity index is 2.04. The molecule has 9 heteroatoms. The van der Waals surface area contributed by atoms with Gasteiger partial charge in [-0.2, -0.15) is 0 Å². The number of rotatable bonds is 3. The van der Waals surface area contributed by atoms with E-state index in [4.69, 9.17) is 4.74 Å². The van der Waals surface area contributed by atoms with Gasteiger partial charge in [0.25, 0.3) is 0 Å². The highest BCUT2D eigenvalue weighted by Crippen LogP contribution is 2.20. The van der Waals surface area contributed by atoms with Crippen LogP contribution in [0.15, 0.2) is 6.20 Å². The minimum absolute atomic E-state index is 0.0327. The van der Waals surface area contributed by atoms with Crippen LogP contribution in [0.5, 0.6) is 0 Å². The first-order valence-corrected chi connectivity index (χ1v) is 5.35. The van der Waals surface area contributed by atoms with Crippen molar-refractivity contribution in [2.75, 3.05) is 0 Å². The summed E-state index contributed by atoms with van der Waals surface area (Å²) in [5, 5.41) is 44.8. The Kier molecular flexibility index (Phi) is 3.88. The molecule has 2 rings (SSSR count). The molecule has 0 spiro atoms. The highest BCUT2D eigenvalue weighted by molar-refractivity contribution is 4.92. The van der Waals surface area contributed by atoms with E-state index < -0.39 is 37.4 Å². The smallest absolute Gasteiger partial charge is 0.184 e.